The minimum atomic E-state index is -0.478. The number of pyridine rings is 1. The predicted octanol–water partition coefficient (Wildman–Crippen LogP) is 4.69. The van der Waals surface area contributed by atoms with E-state index in [4.69, 9.17) is 14.5 Å². The molecule has 0 aliphatic carbocycles. The van der Waals surface area contributed by atoms with E-state index in [1.807, 2.05) is 27.0 Å². The number of hydrogen-bond donors (Lipinski definition) is 0. The number of amides is 1. The summed E-state index contributed by atoms with van der Waals surface area (Å²) in [6.07, 6.45) is 3.89. The third-order valence-corrected chi connectivity index (χ3v) is 5.87. The monoisotopic (exact) mass is 496 g/mol. The van der Waals surface area contributed by atoms with E-state index < -0.39 is 5.60 Å². The van der Waals surface area contributed by atoms with Gasteiger partial charge in [-0.25, -0.2) is 9.78 Å². The van der Waals surface area contributed by atoms with Crippen molar-refractivity contribution in [2.45, 2.75) is 71.6 Å². The number of anilines is 2. The SMILES string of the molecule is CC(C)(C)OC[C@H]1CCCN1c1cc(Br)cnc1N1CCN(C(=O)OC(C)(C)C)CC1. The minimum Gasteiger partial charge on any atom is -0.444 e. The Balaban J connectivity index is 1.71. The number of hydrogen-bond acceptors (Lipinski definition) is 6. The second kappa shape index (κ2) is 9.53. The smallest absolute Gasteiger partial charge is 0.410 e. The summed E-state index contributed by atoms with van der Waals surface area (Å²) >= 11 is 3.61. The van der Waals surface area contributed by atoms with Crippen LogP contribution in [0.3, 0.4) is 0 Å². The molecule has 31 heavy (non-hydrogen) atoms. The standard InChI is InChI=1S/C23H37BrN4O3/c1-22(2,3)30-16-18-8-7-9-28(18)19-14-17(24)15-25-20(19)26-10-12-27(13-11-26)21(29)31-23(4,5)6/h14-15,18H,7-13,16H2,1-6H3/t18-/m1/s1. The number of ether oxygens (including phenoxy) is 2. The van der Waals surface area contributed by atoms with Crippen LogP contribution in [-0.4, -0.2) is 72.6 Å². The predicted molar refractivity (Wildman–Crippen MR) is 128 cm³/mol. The summed E-state index contributed by atoms with van der Waals surface area (Å²) in [5.74, 6) is 0.981. The Hall–Kier alpha value is -1.54. The van der Waals surface area contributed by atoms with Crippen LogP contribution in [0.25, 0.3) is 0 Å². The summed E-state index contributed by atoms with van der Waals surface area (Å²) in [6.45, 7) is 16.4. The first-order valence-corrected chi connectivity index (χ1v) is 12.0. The fourth-order valence-corrected chi connectivity index (χ4v) is 4.30. The second-order valence-corrected chi connectivity index (χ2v) is 11.3. The van der Waals surface area contributed by atoms with Gasteiger partial charge in [0.05, 0.1) is 23.9 Å². The molecule has 0 saturated carbocycles. The first-order chi connectivity index (χ1) is 14.4. The maximum absolute atomic E-state index is 12.4. The largest absolute Gasteiger partial charge is 0.444 e. The van der Waals surface area contributed by atoms with Crippen LogP contribution in [0.2, 0.25) is 0 Å². The van der Waals surface area contributed by atoms with Crippen molar-refractivity contribution in [3.63, 3.8) is 0 Å². The van der Waals surface area contributed by atoms with Crippen LogP contribution in [0.4, 0.5) is 16.3 Å². The van der Waals surface area contributed by atoms with E-state index in [1.165, 1.54) is 0 Å². The number of carbonyl (C=O) groups excluding carboxylic acids is 1. The maximum Gasteiger partial charge on any atom is 0.410 e. The van der Waals surface area contributed by atoms with Crippen LogP contribution in [0.1, 0.15) is 54.4 Å². The molecule has 0 radical (unpaired) electrons. The number of nitrogens with zero attached hydrogens (tertiary/aromatic N) is 4. The van der Waals surface area contributed by atoms with Gasteiger partial charge in [0, 0.05) is 43.4 Å². The highest BCUT2D eigenvalue weighted by molar-refractivity contribution is 9.10. The zero-order valence-corrected chi connectivity index (χ0v) is 21.4. The average Bonchev–Trinajstić information content (AvgIpc) is 3.13. The van der Waals surface area contributed by atoms with Gasteiger partial charge in [0.15, 0.2) is 5.82 Å². The van der Waals surface area contributed by atoms with E-state index in [9.17, 15) is 4.79 Å². The first kappa shape index (κ1) is 24.1. The molecule has 0 bridgehead atoms. The number of halogens is 1. The Kier molecular flexibility index (Phi) is 7.41. The molecule has 1 atom stereocenters. The molecule has 7 nitrogen and oxygen atoms in total. The lowest BCUT2D eigenvalue weighted by Gasteiger charge is -2.38. The number of rotatable bonds is 4. The lowest BCUT2D eigenvalue weighted by Crippen LogP contribution is -2.50. The first-order valence-electron chi connectivity index (χ1n) is 11.2. The molecule has 1 aromatic rings. The molecule has 2 aliphatic rings. The van der Waals surface area contributed by atoms with Crippen molar-refractivity contribution in [3.8, 4) is 0 Å². The van der Waals surface area contributed by atoms with Crippen molar-refractivity contribution >= 4 is 33.5 Å². The van der Waals surface area contributed by atoms with Crippen LogP contribution in [0, 0.1) is 0 Å². The third kappa shape index (κ3) is 6.72. The summed E-state index contributed by atoms with van der Waals surface area (Å²) in [4.78, 5) is 23.7. The highest BCUT2D eigenvalue weighted by Crippen LogP contribution is 2.36. The Morgan fingerprint density at radius 1 is 1.10 bits per heavy atom. The van der Waals surface area contributed by atoms with Crippen molar-refractivity contribution < 1.29 is 14.3 Å². The quantitative estimate of drug-likeness (QED) is 0.602. The van der Waals surface area contributed by atoms with E-state index in [-0.39, 0.29) is 11.7 Å². The van der Waals surface area contributed by atoms with E-state index in [2.05, 4.69) is 52.6 Å². The molecule has 3 rings (SSSR count). The summed E-state index contributed by atoms with van der Waals surface area (Å²) < 4.78 is 12.6. The molecule has 0 aromatic carbocycles. The van der Waals surface area contributed by atoms with Crippen molar-refractivity contribution in [3.05, 3.63) is 16.7 Å². The molecular weight excluding hydrogens is 460 g/mol. The summed E-state index contributed by atoms with van der Waals surface area (Å²) in [5, 5.41) is 0. The summed E-state index contributed by atoms with van der Waals surface area (Å²) in [7, 11) is 0. The second-order valence-electron chi connectivity index (χ2n) is 10.4. The fraction of sp³-hybridized carbons (Fsp3) is 0.739. The topological polar surface area (TPSA) is 58.1 Å². The zero-order chi connectivity index (χ0) is 22.8. The number of aromatic nitrogens is 1. The molecule has 0 spiro atoms. The zero-order valence-electron chi connectivity index (χ0n) is 19.8. The van der Waals surface area contributed by atoms with Gasteiger partial charge in [-0.2, -0.15) is 0 Å². The van der Waals surface area contributed by atoms with Gasteiger partial charge in [-0.1, -0.05) is 0 Å². The average molecular weight is 497 g/mol. The number of carbonyl (C=O) groups is 1. The highest BCUT2D eigenvalue weighted by atomic mass is 79.9. The summed E-state index contributed by atoms with van der Waals surface area (Å²) in [6, 6.07) is 2.51. The van der Waals surface area contributed by atoms with Gasteiger partial charge >= 0.3 is 6.09 Å². The Bertz CT molecular complexity index is 767. The van der Waals surface area contributed by atoms with Crippen LogP contribution in [-0.2, 0) is 9.47 Å². The molecule has 2 fully saturated rings. The maximum atomic E-state index is 12.4. The lowest BCUT2D eigenvalue weighted by molar-refractivity contribution is -0.00936. The van der Waals surface area contributed by atoms with Gasteiger partial charge in [-0.05, 0) is 76.4 Å². The normalized spacial score (nSPS) is 20.4. The van der Waals surface area contributed by atoms with E-state index >= 15 is 0 Å². The van der Waals surface area contributed by atoms with Gasteiger partial charge in [-0.3, -0.25) is 0 Å². The van der Waals surface area contributed by atoms with Gasteiger partial charge in [0.1, 0.15) is 5.60 Å². The summed E-state index contributed by atoms with van der Waals surface area (Å²) in [5.41, 5.74) is 0.513. The number of piperazine rings is 1. The van der Waals surface area contributed by atoms with E-state index in [0.29, 0.717) is 25.7 Å². The molecule has 1 aromatic heterocycles. The van der Waals surface area contributed by atoms with Crippen molar-refractivity contribution in [1.82, 2.24) is 9.88 Å². The van der Waals surface area contributed by atoms with Crippen LogP contribution < -0.4 is 9.80 Å². The minimum absolute atomic E-state index is 0.148. The molecule has 1 amide bonds. The Morgan fingerprint density at radius 2 is 1.77 bits per heavy atom. The lowest BCUT2D eigenvalue weighted by atomic mass is 10.1. The molecule has 3 heterocycles. The van der Waals surface area contributed by atoms with E-state index in [0.717, 1.165) is 48.5 Å². The van der Waals surface area contributed by atoms with Gasteiger partial charge < -0.3 is 24.2 Å². The van der Waals surface area contributed by atoms with Crippen LogP contribution in [0.5, 0.6) is 0 Å². The molecular formula is C23H37BrN4O3. The van der Waals surface area contributed by atoms with Crippen molar-refractivity contribution in [1.29, 1.82) is 0 Å². The van der Waals surface area contributed by atoms with Crippen molar-refractivity contribution in [2.24, 2.45) is 0 Å². The van der Waals surface area contributed by atoms with Crippen LogP contribution >= 0.6 is 15.9 Å². The molecule has 0 unspecified atom stereocenters. The third-order valence-electron chi connectivity index (χ3n) is 5.44. The molecule has 174 valence electrons. The Labute approximate surface area is 195 Å². The molecule has 2 aliphatic heterocycles. The van der Waals surface area contributed by atoms with Gasteiger partial charge in [0.2, 0.25) is 0 Å². The Morgan fingerprint density at radius 3 is 2.39 bits per heavy atom. The van der Waals surface area contributed by atoms with Crippen LogP contribution in [0.15, 0.2) is 16.7 Å². The fourth-order valence-electron chi connectivity index (χ4n) is 3.98. The van der Waals surface area contributed by atoms with E-state index in [1.54, 1.807) is 4.90 Å². The molecule has 8 heteroatoms. The molecule has 0 N–H and O–H groups in total. The highest BCUT2D eigenvalue weighted by Gasteiger charge is 2.32. The van der Waals surface area contributed by atoms with Gasteiger partial charge in [-0.15, -0.1) is 0 Å². The van der Waals surface area contributed by atoms with Crippen molar-refractivity contribution in [2.75, 3.05) is 49.1 Å². The van der Waals surface area contributed by atoms with Gasteiger partial charge in [0.25, 0.3) is 0 Å². The molecule has 2 saturated heterocycles.